The highest BCUT2D eigenvalue weighted by molar-refractivity contribution is 5.18. The Morgan fingerprint density at radius 1 is 1.60 bits per heavy atom. The maximum Gasteiger partial charge on any atom is 0.107 e. The van der Waals surface area contributed by atoms with E-state index in [-0.39, 0.29) is 0 Å². The van der Waals surface area contributed by atoms with Crippen LogP contribution in [-0.2, 0) is 4.74 Å². The molecule has 1 unspecified atom stereocenters. The molecular weight excluding hydrogens is 126 g/mol. The SMILES string of the molecule is Cc1ccc(C2CO2)cn1. The second kappa shape index (κ2) is 2.06. The van der Waals surface area contributed by atoms with E-state index in [2.05, 4.69) is 11.1 Å². The molecular formula is C8H9NO. The van der Waals surface area contributed by atoms with E-state index in [0.29, 0.717) is 6.10 Å². The summed E-state index contributed by atoms with van der Waals surface area (Å²) in [6.45, 7) is 2.85. The lowest BCUT2D eigenvalue weighted by Gasteiger charge is -1.93. The zero-order valence-electron chi connectivity index (χ0n) is 5.87. The fraction of sp³-hybridized carbons (Fsp3) is 0.375. The first kappa shape index (κ1) is 5.86. The van der Waals surface area contributed by atoms with Gasteiger partial charge in [-0.1, -0.05) is 6.07 Å². The molecule has 1 fully saturated rings. The molecule has 0 amide bonds. The van der Waals surface area contributed by atoms with Gasteiger partial charge in [0.25, 0.3) is 0 Å². The van der Waals surface area contributed by atoms with Crippen LogP contribution in [0.25, 0.3) is 0 Å². The van der Waals surface area contributed by atoms with Gasteiger partial charge < -0.3 is 4.74 Å². The van der Waals surface area contributed by atoms with Crippen molar-refractivity contribution in [1.29, 1.82) is 0 Å². The zero-order chi connectivity index (χ0) is 6.97. The highest BCUT2D eigenvalue weighted by Gasteiger charge is 2.24. The molecule has 0 aliphatic carbocycles. The largest absolute Gasteiger partial charge is 0.368 e. The normalized spacial score (nSPS) is 22.7. The predicted molar refractivity (Wildman–Crippen MR) is 37.7 cm³/mol. The lowest BCUT2D eigenvalue weighted by molar-refractivity contribution is 0.415. The second-order valence-electron chi connectivity index (χ2n) is 2.55. The Morgan fingerprint density at radius 3 is 2.90 bits per heavy atom. The Morgan fingerprint density at radius 2 is 2.40 bits per heavy atom. The summed E-state index contributed by atoms with van der Waals surface area (Å²) in [7, 11) is 0. The van der Waals surface area contributed by atoms with Crippen molar-refractivity contribution in [2.24, 2.45) is 0 Å². The van der Waals surface area contributed by atoms with Crippen LogP contribution in [0, 0.1) is 6.92 Å². The van der Waals surface area contributed by atoms with E-state index >= 15 is 0 Å². The fourth-order valence-electron chi connectivity index (χ4n) is 0.910. The Labute approximate surface area is 59.9 Å². The quantitative estimate of drug-likeness (QED) is 0.545. The van der Waals surface area contributed by atoms with Crippen LogP contribution in [0.2, 0.25) is 0 Å². The van der Waals surface area contributed by atoms with Gasteiger partial charge in [-0.3, -0.25) is 4.98 Å². The van der Waals surface area contributed by atoms with E-state index in [1.165, 1.54) is 5.56 Å². The minimum atomic E-state index is 0.341. The molecule has 0 aromatic carbocycles. The number of nitrogens with zero attached hydrogens (tertiary/aromatic N) is 1. The maximum atomic E-state index is 5.09. The molecule has 1 aliphatic rings. The number of aryl methyl sites for hydroxylation is 1. The van der Waals surface area contributed by atoms with Gasteiger partial charge in [-0.05, 0) is 13.0 Å². The number of rotatable bonds is 1. The molecule has 2 nitrogen and oxygen atoms in total. The number of epoxide rings is 1. The van der Waals surface area contributed by atoms with Crippen LogP contribution >= 0.6 is 0 Å². The average molecular weight is 135 g/mol. The number of ether oxygens (including phenoxy) is 1. The molecule has 0 bridgehead atoms. The third-order valence-corrected chi connectivity index (χ3v) is 1.64. The van der Waals surface area contributed by atoms with Gasteiger partial charge in [-0.15, -0.1) is 0 Å². The van der Waals surface area contributed by atoms with Crippen LogP contribution in [0.4, 0.5) is 0 Å². The van der Waals surface area contributed by atoms with Crippen molar-refractivity contribution in [3.8, 4) is 0 Å². The summed E-state index contributed by atoms with van der Waals surface area (Å²) >= 11 is 0. The van der Waals surface area contributed by atoms with Crippen molar-refractivity contribution in [3.63, 3.8) is 0 Å². The molecule has 1 saturated heterocycles. The van der Waals surface area contributed by atoms with Gasteiger partial charge in [0.1, 0.15) is 6.10 Å². The van der Waals surface area contributed by atoms with Gasteiger partial charge in [-0.2, -0.15) is 0 Å². The molecule has 1 aliphatic heterocycles. The van der Waals surface area contributed by atoms with Gasteiger partial charge in [0.05, 0.1) is 6.61 Å². The van der Waals surface area contributed by atoms with Crippen LogP contribution in [0.5, 0.6) is 0 Å². The molecule has 1 aromatic heterocycles. The molecule has 2 heteroatoms. The number of hydrogen-bond donors (Lipinski definition) is 0. The summed E-state index contributed by atoms with van der Waals surface area (Å²) in [5, 5.41) is 0. The highest BCUT2D eigenvalue weighted by Crippen LogP contribution is 2.28. The standard InChI is InChI=1S/C8H9NO/c1-6-2-3-7(4-9-6)8-5-10-8/h2-4,8H,5H2,1H3. The van der Waals surface area contributed by atoms with Crippen molar-refractivity contribution in [3.05, 3.63) is 29.6 Å². The molecule has 0 saturated carbocycles. The van der Waals surface area contributed by atoms with Gasteiger partial charge in [0, 0.05) is 17.5 Å². The van der Waals surface area contributed by atoms with Gasteiger partial charge in [0.15, 0.2) is 0 Å². The average Bonchev–Trinajstić information content (AvgIpc) is 2.71. The van der Waals surface area contributed by atoms with Crippen LogP contribution in [0.15, 0.2) is 18.3 Å². The number of hydrogen-bond acceptors (Lipinski definition) is 2. The van der Waals surface area contributed by atoms with E-state index in [9.17, 15) is 0 Å². The van der Waals surface area contributed by atoms with Crippen LogP contribution in [0.1, 0.15) is 17.4 Å². The third-order valence-electron chi connectivity index (χ3n) is 1.64. The van der Waals surface area contributed by atoms with Crippen LogP contribution < -0.4 is 0 Å². The monoisotopic (exact) mass is 135 g/mol. The van der Waals surface area contributed by atoms with E-state index in [4.69, 9.17) is 4.74 Å². The zero-order valence-corrected chi connectivity index (χ0v) is 5.87. The summed E-state index contributed by atoms with van der Waals surface area (Å²) in [6.07, 6.45) is 2.22. The van der Waals surface area contributed by atoms with E-state index in [1.807, 2.05) is 19.2 Å². The summed E-state index contributed by atoms with van der Waals surface area (Å²) in [4.78, 5) is 4.16. The molecule has 2 heterocycles. The maximum absolute atomic E-state index is 5.09. The Balaban J connectivity index is 2.28. The molecule has 0 radical (unpaired) electrons. The number of pyridine rings is 1. The third kappa shape index (κ3) is 1.02. The van der Waals surface area contributed by atoms with Crippen molar-refractivity contribution in [2.45, 2.75) is 13.0 Å². The highest BCUT2D eigenvalue weighted by atomic mass is 16.6. The van der Waals surface area contributed by atoms with Crippen molar-refractivity contribution < 1.29 is 4.74 Å². The molecule has 2 rings (SSSR count). The van der Waals surface area contributed by atoms with Gasteiger partial charge in [-0.25, -0.2) is 0 Å². The van der Waals surface area contributed by atoms with Gasteiger partial charge >= 0.3 is 0 Å². The number of aromatic nitrogens is 1. The lowest BCUT2D eigenvalue weighted by atomic mass is 10.2. The molecule has 10 heavy (non-hydrogen) atoms. The first-order chi connectivity index (χ1) is 4.86. The molecule has 52 valence electrons. The van der Waals surface area contributed by atoms with Crippen molar-refractivity contribution >= 4 is 0 Å². The first-order valence-corrected chi connectivity index (χ1v) is 3.40. The smallest absolute Gasteiger partial charge is 0.107 e. The fourth-order valence-corrected chi connectivity index (χ4v) is 0.910. The van der Waals surface area contributed by atoms with Crippen LogP contribution in [0.3, 0.4) is 0 Å². The summed E-state index contributed by atoms with van der Waals surface area (Å²) in [6, 6.07) is 4.08. The summed E-state index contributed by atoms with van der Waals surface area (Å²) in [5.41, 5.74) is 2.26. The van der Waals surface area contributed by atoms with Gasteiger partial charge in [0.2, 0.25) is 0 Å². The minimum absolute atomic E-state index is 0.341. The Kier molecular flexibility index (Phi) is 1.21. The lowest BCUT2D eigenvalue weighted by Crippen LogP contribution is -1.84. The minimum Gasteiger partial charge on any atom is -0.368 e. The molecule has 1 aromatic rings. The molecule has 0 spiro atoms. The van der Waals surface area contributed by atoms with E-state index in [0.717, 1.165) is 12.3 Å². The Bertz CT molecular complexity index is 226. The van der Waals surface area contributed by atoms with Crippen LogP contribution in [-0.4, -0.2) is 11.6 Å². The first-order valence-electron chi connectivity index (χ1n) is 3.40. The van der Waals surface area contributed by atoms with E-state index < -0.39 is 0 Å². The summed E-state index contributed by atoms with van der Waals surface area (Å²) in [5.74, 6) is 0. The topological polar surface area (TPSA) is 25.4 Å². The van der Waals surface area contributed by atoms with E-state index in [1.54, 1.807) is 0 Å². The second-order valence-corrected chi connectivity index (χ2v) is 2.55. The molecule has 1 atom stereocenters. The molecule has 0 N–H and O–H groups in total. The Hall–Kier alpha value is -0.890. The van der Waals surface area contributed by atoms with Crippen molar-refractivity contribution in [1.82, 2.24) is 4.98 Å². The summed E-state index contributed by atoms with van der Waals surface area (Å²) < 4.78 is 5.09. The van der Waals surface area contributed by atoms with Crippen molar-refractivity contribution in [2.75, 3.05) is 6.61 Å². The predicted octanol–water partition coefficient (Wildman–Crippen LogP) is 1.46.